The number of piperazine rings is 1. The van der Waals surface area contributed by atoms with Crippen LogP contribution in [0.1, 0.15) is 42.6 Å². The van der Waals surface area contributed by atoms with Crippen molar-refractivity contribution in [2.45, 2.75) is 38.8 Å². The molecule has 122 valence electrons. The second-order valence-corrected chi connectivity index (χ2v) is 5.51. The van der Waals surface area contributed by atoms with Gasteiger partial charge in [-0.3, -0.25) is 9.69 Å². The van der Waals surface area contributed by atoms with Crippen molar-refractivity contribution < 1.29 is 18.7 Å². The van der Waals surface area contributed by atoms with Gasteiger partial charge in [0.2, 0.25) is 11.8 Å². The maximum absolute atomic E-state index is 12.4. The van der Waals surface area contributed by atoms with Gasteiger partial charge in [0.25, 0.3) is 0 Å². The molecular formula is C15H23N3O4. The zero-order chi connectivity index (χ0) is 16.1. The van der Waals surface area contributed by atoms with Crippen molar-refractivity contribution in [1.82, 2.24) is 14.8 Å². The Morgan fingerprint density at radius 2 is 2.27 bits per heavy atom. The topological polar surface area (TPSA) is 75.9 Å². The van der Waals surface area contributed by atoms with Gasteiger partial charge in [-0.15, -0.1) is 0 Å². The molecule has 0 N–H and O–H groups in total. The van der Waals surface area contributed by atoms with Gasteiger partial charge in [-0.1, -0.05) is 19.8 Å². The molecule has 7 nitrogen and oxygen atoms in total. The normalized spacial score (nSPS) is 19.5. The van der Waals surface area contributed by atoms with Crippen LogP contribution in [-0.4, -0.2) is 59.9 Å². The molecule has 1 aromatic heterocycles. The van der Waals surface area contributed by atoms with E-state index in [1.165, 1.54) is 13.4 Å². The third-order valence-corrected chi connectivity index (χ3v) is 3.94. The van der Waals surface area contributed by atoms with E-state index in [9.17, 15) is 9.59 Å². The van der Waals surface area contributed by atoms with Crippen LogP contribution in [0.5, 0.6) is 0 Å². The molecule has 0 unspecified atom stereocenters. The molecule has 0 bridgehead atoms. The molecule has 0 radical (unpaired) electrons. The number of nitrogens with zero attached hydrogens (tertiary/aromatic N) is 3. The molecule has 2 heterocycles. The number of carbonyl (C=O) groups is 2. The lowest BCUT2D eigenvalue weighted by Crippen LogP contribution is -2.55. The Labute approximate surface area is 130 Å². The standard InChI is InChI=1S/C15H23N3O4/c1-4-5-6-12-14(19)17(2)7-8-18(12)9-13-16-11(10-22-13)15(20)21-3/h10,12H,4-9H2,1-3H3/t12-/m0/s1. The highest BCUT2D eigenvalue weighted by molar-refractivity contribution is 5.86. The number of carbonyl (C=O) groups excluding carboxylic acids is 2. The summed E-state index contributed by atoms with van der Waals surface area (Å²) in [4.78, 5) is 31.7. The highest BCUT2D eigenvalue weighted by Gasteiger charge is 2.33. The first kappa shape index (κ1) is 16.5. The molecule has 1 atom stereocenters. The highest BCUT2D eigenvalue weighted by atomic mass is 16.5. The fourth-order valence-electron chi connectivity index (χ4n) is 2.60. The Bertz CT molecular complexity index is 529. The smallest absolute Gasteiger partial charge is 0.360 e. The molecule has 1 fully saturated rings. The van der Waals surface area contributed by atoms with Crippen molar-refractivity contribution in [3.05, 3.63) is 17.8 Å². The molecule has 0 saturated carbocycles. The average Bonchev–Trinajstić information content (AvgIpc) is 2.98. The van der Waals surface area contributed by atoms with E-state index in [0.29, 0.717) is 19.0 Å². The Balaban J connectivity index is 2.06. The first-order chi connectivity index (χ1) is 10.6. The Kier molecular flexibility index (Phi) is 5.54. The average molecular weight is 309 g/mol. The number of aromatic nitrogens is 1. The number of esters is 1. The molecule has 1 aliphatic heterocycles. The Morgan fingerprint density at radius 3 is 2.95 bits per heavy atom. The quantitative estimate of drug-likeness (QED) is 0.737. The summed E-state index contributed by atoms with van der Waals surface area (Å²) in [5.74, 6) is 0.0469. The zero-order valence-corrected chi connectivity index (χ0v) is 13.4. The van der Waals surface area contributed by atoms with Crippen LogP contribution in [0, 0.1) is 0 Å². The van der Waals surface area contributed by atoms with E-state index in [2.05, 4.69) is 21.5 Å². The van der Waals surface area contributed by atoms with E-state index in [4.69, 9.17) is 4.42 Å². The van der Waals surface area contributed by atoms with Crippen LogP contribution < -0.4 is 0 Å². The van der Waals surface area contributed by atoms with Gasteiger partial charge in [0, 0.05) is 20.1 Å². The number of oxazole rings is 1. The summed E-state index contributed by atoms with van der Waals surface area (Å²) >= 11 is 0. The van der Waals surface area contributed by atoms with E-state index in [1.807, 2.05) is 7.05 Å². The van der Waals surface area contributed by atoms with Crippen molar-refractivity contribution in [2.24, 2.45) is 0 Å². The van der Waals surface area contributed by atoms with Crippen LogP contribution in [0.3, 0.4) is 0 Å². The van der Waals surface area contributed by atoms with Crippen LogP contribution in [0.25, 0.3) is 0 Å². The Morgan fingerprint density at radius 1 is 1.50 bits per heavy atom. The largest absolute Gasteiger partial charge is 0.464 e. The monoisotopic (exact) mass is 309 g/mol. The van der Waals surface area contributed by atoms with Crippen LogP contribution >= 0.6 is 0 Å². The van der Waals surface area contributed by atoms with Gasteiger partial charge in [0.05, 0.1) is 19.7 Å². The van der Waals surface area contributed by atoms with Gasteiger partial charge in [-0.2, -0.15) is 0 Å². The summed E-state index contributed by atoms with van der Waals surface area (Å²) < 4.78 is 9.94. The Hall–Kier alpha value is -1.89. The van der Waals surface area contributed by atoms with E-state index in [1.54, 1.807) is 4.90 Å². The first-order valence-electron chi connectivity index (χ1n) is 7.58. The number of rotatable bonds is 6. The van der Waals surface area contributed by atoms with E-state index < -0.39 is 5.97 Å². The fourth-order valence-corrected chi connectivity index (χ4v) is 2.60. The minimum atomic E-state index is -0.521. The molecule has 2 rings (SSSR count). The SMILES string of the molecule is CCCC[C@H]1C(=O)N(C)CCN1Cc1nc(C(=O)OC)co1. The maximum Gasteiger partial charge on any atom is 0.360 e. The molecule has 22 heavy (non-hydrogen) atoms. The summed E-state index contributed by atoms with van der Waals surface area (Å²) in [5.41, 5.74) is 0.156. The van der Waals surface area contributed by atoms with Crippen LogP contribution in [-0.2, 0) is 16.1 Å². The van der Waals surface area contributed by atoms with Gasteiger partial charge in [0.15, 0.2) is 5.69 Å². The third kappa shape index (κ3) is 3.65. The molecule has 1 saturated heterocycles. The second kappa shape index (κ2) is 7.40. The third-order valence-electron chi connectivity index (χ3n) is 3.94. The maximum atomic E-state index is 12.4. The van der Waals surface area contributed by atoms with Crippen molar-refractivity contribution >= 4 is 11.9 Å². The predicted molar refractivity (Wildman–Crippen MR) is 79.2 cm³/mol. The van der Waals surface area contributed by atoms with Gasteiger partial charge < -0.3 is 14.1 Å². The van der Waals surface area contributed by atoms with Crippen molar-refractivity contribution in [1.29, 1.82) is 0 Å². The van der Waals surface area contributed by atoms with Crippen LogP contribution in [0.15, 0.2) is 10.7 Å². The number of likely N-dealkylation sites (N-methyl/N-ethyl adjacent to an activating group) is 1. The van der Waals surface area contributed by atoms with Gasteiger partial charge in [0.1, 0.15) is 6.26 Å². The second-order valence-electron chi connectivity index (χ2n) is 5.51. The van der Waals surface area contributed by atoms with Gasteiger partial charge >= 0.3 is 5.97 Å². The molecule has 1 aromatic rings. The molecule has 0 aliphatic carbocycles. The van der Waals surface area contributed by atoms with Crippen LogP contribution in [0.2, 0.25) is 0 Å². The van der Waals surface area contributed by atoms with Crippen molar-refractivity contribution in [3.8, 4) is 0 Å². The van der Waals surface area contributed by atoms with E-state index in [0.717, 1.165) is 25.8 Å². The summed E-state index contributed by atoms with van der Waals surface area (Å²) in [6.07, 6.45) is 4.16. The summed E-state index contributed by atoms with van der Waals surface area (Å²) in [5, 5.41) is 0. The highest BCUT2D eigenvalue weighted by Crippen LogP contribution is 2.19. The summed E-state index contributed by atoms with van der Waals surface area (Å²) in [7, 11) is 3.13. The van der Waals surface area contributed by atoms with E-state index in [-0.39, 0.29) is 17.6 Å². The van der Waals surface area contributed by atoms with Crippen molar-refractivity contribution in [3.63, 3.8) is 0 Å². The molecule has 1 aliphatic rings. The minimum absolute atomic E-state index is 0.138. The molecule has 7 heteroatoms. The number of unbranched alkanes of at least 4 members (excludes halogenated alkanes) is 1. The number of amides is 1. The molecule has 0 aromatic carbocycles. The molecule has 0 spiro atoms. The van der Waals surface area contributed by atoms with Crippen molar-refractivity contribution in [2.75, 3.05) is 27.2 Å². The minimum Gasteiger partial charge on any atom is -0.464 e. The number of hydrogen-bond acceptors (Lipinski definition) is 6. The molecule has 1 amide bonds. The first-order valence-corrected chi connectivity index (χ1v) is 7.58. The van der Waals surface area contributed by atoms with Gasteiger partial charge in [-0.25, -0.2) is 9.78 Å². The lowest BCUT2D eigenvalue weighted by molar-refractivity contribution is -0.141. The van der Waals surface area contributed by atoms with Crippen LogP contribution in [0.4, 0.5) is 0 Å². The number of ether oxygens (including phenoxy) is 1. The zero-order valence-electron chi connectivity index (χ0n) is 13.4. The summed E-state index contributed by atoms with van der Waals surface area (Å²) in [6, 6.07) is -0.146. The summed E-state index contributed by atoms with van der Waals surface area (Å²) in [6.45, 7) is 3.99. The lowest BCUT2D eigenvalue weighted by Gasteiger charge is -2.38. The predicted octanol–water partition coefficient (Wildman–Crippen LogP) is 1.29. The number of hydrogen-bond donors (Lipinski definition) is 0. The number of methoxy groups -OCH3 is 1. The van der Waals surface area contributed by atoms with Gasteiger partial charge in [-0.05, 0) is 6.42 Å². The molecular weight excluding hydrogens is 286 g/mol. The fraction of sp³-hybridized carbons (Fsp3) is 0.667. The van der Waals surface area contributed by atoms with E-state index >= 15 is 0 Å². The lowest BCUT2D eigenvalue weighted by atomic mass is 10.0.